The van der Waals surface area contributed by atoms with E-state index in [4.69, 9.17) is 15.9 Å². The predicted octanol–water partition coefficient (Wildman–Crippen LogP) is 2.68. The molecule has 26 heavy (non-hydrogen) atoms. The van der Waals surface area contributed by atoms with Crippen molar-refractivity contribution >= 4 is 17.1 Å². The summed E-state index contributed by atoms with van der Waals surface area (Å²) in [6.45, 7) is 4.68. The number of aryl methyl sites for hydroxylation is 1. The first kappa shape index (κ1) is 19.5. The Labute approximate surface area is 153 Å². The highest BCUT2D eigenvalue weighted by molar-refractivity contribution is 6.00. The third-order valence-corrected chi connectivity index (χ3v) is 4.06. The highest BCUT2D eigenvalue weighted by Crippen LogP contribution is 2.15. The summed E-state index contributed by atoms with van der Waals surface area (Å²) in [6.07, 6.45) is 2.03. The SMILES string of the molecule is CCCC(=N)c1nc(CC)n(CCOc2ccc(N)cc2)c(=O)c1NC. The van der Waals surface area contributed by atoms with Crippen molar-refractivity contribution in [2.45, 2.75) is 39.7 Å². The topological polar surface area (TPSA) is 106 Å². The summed E-state index contributed by atoms with van der Waals surface area (Å²) in [4.78, 5) is 17.5. The van der Waals surface area contributed by atoms with Crippen molar-refractivity contribution < 1.29 is 4.74 Å². The van der Waals surface area contributed by atoms with Crippen molar-refractivity contribution in [3.8, 4) is 5.75 Å². The molecule has 2 rings (SSSR count). The molecule has 7 nitrogen and oxygen atoms in total. The van der Waals surface area contributed by atoms with E-state index in [1.54, 1.807) is 35.9 Å². The zero-order valence-corrected chi connectivity index (χ0v) is 15.6. The third kappa shape index (κ3) is 4.41. The van der Waals surface area contributed by atoms with Gasteiger partial charge in [-0.2, -0.15) is 0 Å². The van der Waals surface area contributed by atoms with E-state index in [1.165, 1.54) is 0 Å². The lowest BCUT2D eigenvalue weighted by Gasteiger charge is -2.17. The molecule has 0 fully saturated rings. The molecule has 7 heteroatoms. The quantitative estimate of drug-likeness (QED) is 0.472. The van der Waals surface area contributed by atoms with E-state index >= 15 is 0 Å². The summed E-state index contributed by atoms with van der Waals surface area (Å²) >= 11 is 0. The number of aromatic nitrogens is 2. The molecule has 1 aromatic carbocycles. The van der Waals surface area contributed by atoms with Gasteiger partial charge in [-0.25, -0.2) is 4.98 Å². The summed E-state index contributed by atoms with van der Waals surface area (Å²) in [5.41, 5.74) is 7.37. The van der Waals surface area contributed by atoms with Crippen molar-refractivity contribution in [2.24, 2.45) is 0 Å². The maximum atomic E-state index is 12.9. The van der Waals surface area contributed by atoms with Crippen LogP contribution >= 0.6 is 0 Å². The Hall–Kier alpha value is -2.83. The fourth-order valence-electron chi connectivity index (χ4n) is 2.73. The molecule has 0 atom stereocenters. The summed E-state index contributed by atoms with van der Waals surface area (Å²) in [6, 6.07) is 7.14. The minimum Gasteiger partial charge on any atom is -0.492 e. The molecule has 4 N–H and O–H groups in total. The smallest absolute Gasteiger partial charge is 0.277 e. The zero-order chi connectivity index (χ0) is 19.1. The number of benzene rings is 1. The normalized spacial score (nSPS) is 10.6. The fraction of sp³-hybridized carbons (Fsp3) is 0.421. The van der Waals surface area contributed by atoms with Gasteiger partial charge in [-0.1, -0.05) is 20.3 Å². The maximum Gasteiger partial charge on any atom is 0.277 e. The number of ether oxygens (including phenoxy) is 1. The lowest BCUT2D eigenvalue weighted by molar-refractivity contribution is 0.293. The van der Waals surface area contributed by atoms with Crippen LogP contribution in [0.15, 0.2) is 29.1 Å². The van der Waals surface area contributed by atoms with Gasteiger partial charge < -0.3 is 21.2 Å². The molecule has 0 radical (unpaired) electrons. The Morgan fingerprint density at radius 3 is 2.58 bits per heavy atom. The number of nitrogens with one attached hydrogen (secondary N) is 2. The largest absolute Gasteiger partial charge is 0.492 e. The number of hydrogen-bond acceptors (Lipinski definition) is 6. The molecule has 140 valence electrons. The lowest BCUT2D eigenvalue weighted by atomic mass is 10.1. The Balaban J connectivity index is 2.25. The van der Waals surface area contributed by atoms with Crippen LogP contribution in [0.3, 0.4) is 0 Å². The van der Waals surface area contributed by atoms with E-state index in [0.717, 1.165) is 6.42 Å². The number of rotatable bonds is 9. The molecule has 0 aliphatic heterocycles. The Morgan fingerprint density at radius 2 is 2.00 bits per heavy atom. The van der Waals surface area contributed by atoms with E-state index in [-0.39, 0.29) is 5.56 Å². The highest BCUT2D eigenvalue weighted by atomic mass is 16.5. The van der Waals surface area contributed by atoms with Gasteiger partial charge in [0.1, 0.15) is 29.6 Å². The van der Waals surface area contributed by atoms with Crippen molar-refractivity contribution in [2.75, 3.05) is 24.7 Å². The standard InChI is InChI=1S/C19H27N5O2/c1-4-6-15(21)17-18(22-3)19(25)24(16(5-2)23-17)11-12-26-14-9-7-13(20)8-10-14/h7-10,21-22H,4-6,11-12,20H2,1-3H3. The van der Waals surface area contributed by atoms with Gasteiger partial charge in [0, 0.05) is 19.2 Å². The van der Waals surface area contributed by atoms with Crippen molar-refractivity contribution in [3.05, 3.63) is 46.1 Å². The predicted molar refractivity (Wildman–Crippen MR) is 106 cm³/mol. The average molecular weight is 357 g/mol. The van der Waals surface area contributed by atoms with Gasteiger partial charge in [-0.3, -0.25) is 9.36 Å². The summed E-state index contributed by atoms with van der Waals surface area (Å²) in [5, 5.41) is 11.1. The maximum absolute atomic E-state index is 12.9. The van der Waals surface area contributed by atoms with Crippen LogP contribution in [0.5, 0.6) is 5.75 Å². The molecule has 0 aliphatic carbocycles. The second kappa shape index (κ2) is 9.03. The van der Waals surface area contributed by atoms with Gasteiger partial charge >= 0.3 is 0 Å². The van der Waals surface area contributed by atoms with E-state index in [9.17, 15) is 4.79 Å². The van der Waals surface area contributed by atoms with Crippen molar-refractivity contribution in [1.82, 2.24) is 9.55 Å². The first-order chi connectivity index (χ1) is 12.5. The second-order valence-corrected chi connectivity index (χ2v) is 5.96. The monoisotopic (exact) mass is 357 g/mol. The molecule has 0 unspecified atom stereocenters. The molecular formula is C19H27N5O2. The molecule has 0 saturated carbocycles. The van der Waals surface area contributed by atoms with Crippen LogP contribution in [0.1, 0.15) is 38.2 Å². The van der Waals surface area contributed by atoms with Crippen molar-refractivity contribution in [3.63, 3.8) is 0 Å². The summed E-state index contributed by atoms with van der Waals surface area (Å²) in [5.74, 6) is 1.36. The molecule has 2 aromatic rings. The van der Waals surface area contributed by atoms with Gasteiger partial charge in [-0.05, 0) is 30.7 Å². The average Bonchev–Trinajstić information content (AvgIpc) is 2.64. The number of nitrogen functional groups attached to an aromatic ring is 1. The van der Waals surface area contributed by atoms with Crippen LogP contribution in [0.4, 0.5) is 11.4 Å². The third-order valence-electron chi connectivity index (χ3n) is 4.06. The first-order valence-corrected chi connectivity index (χ1v) is 8.89. The highest BCUT2D eigenvalue weighted by Gasteiger charge is 2.17. The molecule has 0 spiro atoms. The van der Waals surface area contributed by atoms with Gasteiger partial charge in [0.15, 0.2) is 0 Å². The summed E-state index contributed by atoms with van der Waals surface area (Å²) in [7, 11) is 1.68. The van der Waals surface area contributed by atoms with Crippen LogP contribution < -0.4 is 21.3 Å². The molecule has 0 saturated heterocycles. The van der Waals surface area contributed by atoms with Crippen molar-refractivity contribution in [1.29, 1.82) is 5.41 Å². The number of anilines is 2. The number of nitrogens with zero attached hydrogens (tertiary/aromatic N) is 2. The van der Waals surface area contributed by atoms with E-state index in [1.807, 2.05) is 13.8 Å². The molecular weight excluding hydrogens is 330 g/mol. The zero-order valence-electron chi connectivity index (χ0n) is 15.6. The van der Waals surface area contributed by atoms with E-state index < -0.39 is 0 Å². The van der Waals surface area contributed by atoms with Crippen LogP contribution in [-0.2, 0) is 13.0 Å². The molecule has 0 bridgehead atoms. The summed E-state index contributed by atoms with van der Waals surface area (Å²) < 4.78 is 7.32. The molecule has 1 heterocycles. The Morgan fingerprint density at radius 1 is 1.31 bits per heavy atom. The van der Waals surface area contributed by atoms with Gasteiger partial charge in [0.2, 0.25) is 0 Å². The van der Waals surface area contributed by atoms with Crippen LogP contribution in [0.25, 0.3) is 0 Å². The van der Waals surface area contributed by atoms with Crippen LogP contribution in [0, 0.1) is 5.41 Å². The fourth-order valence-corrected chi connectivity index (χ4v) is 2.73. The molecule has 0 aliphatic rings. The second-order valence-electron chi connectivity index (χ2n) is 5.96. The number of hydrogen-bond donors (Lipinski definition) is 3. The Kier molecular flexibility index (Phi) is 6.77. The van der Waals surface area contributed by atoms with Crippen LogP contribution in [-0.4, -0.2) is 28.9 Å². The minimum atomic E-state index is -0.170. The minimum absolute atomic E-state index is 0.170. The number of nitrogens with two attached hydrogens (primary N) is 1. The Bertz CT molecular complexity index is 812. The van der Waals surface area contributed by atoms with Crippen LogP contribution in [0.2, 0.25) is 0 Å². The molecule has 0 amide bonds. The van der Waals surface area contributed by atoms with Gasteiger partial charge in [0.25, 0.3) is 5.56 Å². The van der Waals surface area contributed by atoms with Gasteiger partial charge in [-0.15, -0.1) is 0 Å². The van der Waals surface area contributed by atoms with E-state index in [2.05, 4.69) is 10.3 Å². The molecule has 1 aromatic heterocycles. The first-order valence-electron chi connectivity index (χ1n) is 8.89. The van der Waals surface area contributed by atoms with Gasteiger partial charge in [0.05, 0.1) is 12.3 Å². The van der Waals surface area contributed by atoms with E-state index in [0.29, 0.717) is 60.3 Å². The lowest BCUT2D eigenvalue weighted by Crippen LogP contribution is -2.31.